The van der Waals surface area contributed by atoms with Gasteiger partial charge in [-0.05, 0) is 41.5 Å². The van der Waals surface area contributed by atoms with Crippen LogP contribution in [0.2, 0.25) is 0 Å². The number of rotatable bonds is 7. The molecule has 0 radical (unpaired) electrons. The molecule has 0 aliphatic rings. The summed E-state index contributed by atoms with van der Waals surface area (Å²) in [5.41, 5.74) is 14.1. The molecular formula is C26H20F2N8O3. The van der Waals surface area contributed by atoms with Crippen LogP contribution in [0.4, 0.5) is 30.9 Å². The standard InChI is InChI=1S/C26H20F2N8O3/c27-17-9-7-15(8-10-17)13-35(26(38)39-14-37)22-23(29)33-25(34-24(22)30)21-19-6-3-11-31-36(19)20(32-21)12-16-4-1-2-5-18(16)28/h1-11,14H,12-13H2,(H4,29,30,33,34). The smallest absolute Gasteiger partial charge is 0.382 e. The van der Waals surface area contributed by atoms with E-state index in [0.29, 0.717) is 22.5 Å². The molecule has 1 amide bonds. The molecule has 3 aromatic heterocycles. The maximum atomic E-state index is 14.3. The van der Waals surface area contributed by atoms with Crippen molar-refractivity contribution in [1.82, 2.24) is 24.6 Å². The molecule has 13 heteroatoms. The van der Waals surface area contributed by atoms with Crippen molar-refractivity contribution in [3.8, 4) is 11.5 Å². The Morgan fingerprint density at radius 3 is 2.38 bits per heavy atom. The number of anilines is 3. The molecule has 0 saturated heterocycles. The number of amides is 1. The molecule has 0 unspecified atom stereocenters. The third kappa shape index (κ3) is 5.05. The van der Waals surface area contributed by atoms with Gasteiger partial charge in [0.2, 0.25) is 0 Å². The molecule has 4 N–H and O–H groups in total. The van der Waals surface area contributed by atoms with E-state index in [2.05, 4.69) is 24.8 Å². The van der Waals surface area contributed by atoms with Crippen molar-refractivity contribution in [3.05, 3.63) is 95.4 Å². The van der Waals surface area contributed by atoms with Crippen LogP contribution in [0.15, 0.2) is 66.9 Å². The van der Waals surface area contributed by atoms with E-state index < -0.39 is 11.9 Å². The number of carbonyl (C=O) groups excluding carboxylic acids is 2. The van der Waals surface area contributed by atoms with E-state index in [4.69, 9.17) is 11.5 Å². The van der Waals surface area contributed by atoms with Gasteiger partial charge in [-0.3, -0.25) is 9.69 Å². The summed E-state index contributed by atoms with van der Waals surface area (Å²) < 4.78 is 33.8. The zero-order chi connectivity index (χ0) is 27.5. The van der Waals surface area contributed by atoms with Gasteiger partial charge in [0.1, 0.15) is 28.8 Å². The van der Waals surface area contributed by atoms with Crippen molar-refractivity contribution >= 4 is 35.4 Å². The highest BCUT2D eigenvalue weighted by Crippen LogP contribution is 2.33. The van der Waals surface area contributed by atoms with E-state index in [-0.39, 0.29) is 54.1 Å². The molecule has 5 aromatic rings. The van der Waals surface area contributed by atoms with Crippen LogP contribution in [0.25, 0.3) is 17.0 Å². The highest BCUT2D eigenvalue weighted by Gasteiger charge is 2.27. The molecule has 39 heavy (non-hydrogen) atoms. The summed E-state index contributed by atoms with van der Waals surface area (Å²) in [4.78, 5) is 37.7. The molecule has 0 bridgehead atoms. The summed E-state index contributed by atoms with van der Waals surface area (Å²) in [6, 6.07) is 15.0. The lowest BCUT2D eigenvalue weighted by Gasteiger charge is -2.23. The molecular weight excluding hydrogens is 510 g/mol. The lowest BCUT2D eigenvalue weighted by molar-refractivity contribution is -0.123. The van der Waals surface area contributed by atoms with Gasteiger partial charge in [0.15, 0.2) is 17.5 Å². The van der Waals surface area contributed by atoms with Gasteiger partial charge in [-0.15, -0.1) is 0 Å². The van der Waals surface area contributed by atoms with Crippen molar-refractivity contribution < 1.29 is 23.1 Å². The van der Waals surface area contributed by atoms with Gasteiger partial charge in [0.05, 0.1) is 12.1 Å². The van der Waals surface area contributed by atoms with Crippen LogP contribution in [0, 0.1) is 11.6 Å². The lowest BCUT2D eigenvalue weighted by Crippen LogP contribution is -2.32. The van der Waals surface area contributed by atoms with Gasteiger partial charge in [0.25, 0.3) is 0 Å². The number of aromatic nitrogens is 5. The topological polar surface area (TPSA) is 155 Å². The molecule has 0 atom stereocenters. The lowest BCUT2D eigenvalue weighted by atomic mass is 10.1. The molecule has 0 fully saturated rings. The third-order valence-electron chi connectivity index (χ3n) is 5.83. The Hall–Kier alpha value is -5.46. The maximum absolute atomic E-state index is 14.3. The Balaban J connectivity index is 1.57. The van der Waals surface area contributed by atoms with Crippen LogP contribution in [-0.4, -0.2) is 37.1 Å². The number of imidazole rings is 1. The van der Waals surface area contributed by atoms with E-state index in [1.54, 1.807) is 36.5 Å². The first-order valence-electron chi connectivity index (χ1n) is 11.5. The number of nitrogen functional groups attached to an aromatic ring is 2. The number of halogens is 2. The minimum absolute atomic E-state index is 0.0320. The van der Waals surface area contributed by atoms with E-state index in [1.165, 1.54) is 34.8 Å². The highest BCUT2D eigenvalue weighted by molar-refractivity contribution is 5.97. The van der Waals surface area contributed by atoms with Gasteiger partial charge >= 0.3 is 12.6 Å². The predicted molar refractivity (Wildman–Crippen MR) is 137 cm³/mol. The first-order valence-corrected chi connectivity index (χ1v) is 11.5. The molecule has 196 valence electrons. The SMILES string of the molecule is Nc1nc(-c2nc(Cc3ccccc3F)n3ncccc23)nc(N)c1N(Cc1ccc(F)cc1)C(=O)OC=O. The van der Waals surface area contributed by atoms with Crippen molar-refractivity contribution in [2.45, 2.75) is 13.0 Å². The first-order chi connectivity index (χ1) is 18.9. The van der Waals surface area contributed by atoms with Gasteiger partial charge < -0.3 is 16.2 Å². The minimum atomic E-state index is -1.09. The Bertz CT molecular complexity index is 1670. The third-order valence-corrected chi connectivity index (χ3v) is 5.83. The van der Waals surface area contributed by atoms with E-state index in [0.717, 1.165) is 4.90 Å². The number of ether oxygens (including phenoxy) is 1. The number of nitrogens with two attached hydrogens (primary N) is 2. The normalized spacial score (nSPS) is 10.9. The quantitative estimate of drug-likeness (QED) is 0.237. The molecule has 0 spiro atoms. The van der Waals surface area contributed by atoms with Crippen molar-refractivity contribution in [2.24, 2.45) is 0 Å². The van der Waals surface area contributed by atoms with Crippen LogP contribution < -0.4 is 16.4 Å². The summed E-state index contributed by atoms with van der Waals surface area (Å²) in [6.07, 6.45) is 0.603. The number of nitrogens with zero attached hydrogens (tertiary/aromatic N) is 6. The van der Waals surface area contributed by atoms with Gasteiger partial charge in [-0.25, -0.2) is 33.0 Å². The highest BCUT2D eigenvalue weighted by atomic mass is 19.1. The molecule has 0 saturated carbocycles. The Kier molecular flexibility index (Phi) is 6.78. The van der Waals surface area contributed by atoms with Crippen LogP contribution in [-0.2, 0) is 22.5 Å². The zero-order valence-electron chi connectivity index (χ0n) is 20.2. The summed E-state index contributed by atoms with van der Waals surface area (Å²) in [5.74, 6) is -0.813. The van der Waals surface area contributed by atoms with Crippen molar-refractivity contribution in [2.75, 3.05) is 16.4 Å². The monoisotopic (exact) mass is 530 g/mol. The van der Waals surface area contributed by atoms with Crippen LogP contribution in [0.1, 0.15) is 17.0 Å². The first kappa shape index (κ1) is 25.2. The molecule has 0 aliphatic carbocycles. The Morgan fingerprint density at radius 2 is 1.69 bits per heavy atom. The number of fused-ring (bicyclic) bond motifs is 1. The summed E-state index contributed by atoms with van der Waals surface area (Å²) in [5, 5.41) is 4.32. The number of benzene rings is 2. The number of hydrogen-bond donors (Lipinski definition) is 2. The summed E-state index contributed by atoms with van der Waals surface area (Å²) >= 11 is 0. The number of carbonyl (C=O) groups is 2. The second-order valence-electron chi connectivity index (χ2n) is 8.32. The zero-order valence-corrected chi connectivity index (χ0v) is 20.2. The average molecular weight is 530 g/mol. The molecule has 3 heterocycles. The van der Waals surface area contributed by atoms with Gasteiger partial charge in [0, 0.05) is 12.6 Å². The molecule has 11 nitrogen and oxygen atoms in total. The fourth-order valence-corrected chi connectivity index (χ4v) is 4.07. The molecule has 5 rings (SSSR count). The molecule has 2 aromatic carbocycles. The van der Waals surface area contributed by atoms with Crippen LogP contribution >= 0.6 is 0 Å². The fourth-order valence-electron chi connectivity index (χ4n) is 4.07. The van der Waals surface area contributed by atoms with Crippen LogP contribution in [0.3, 0.4) is 0 Å². The van der Waals surface area contributed by atoms with Crippen molar-refractivity contribution in [3.63, 3.8) is 0 Å². The predicted octanol–water partition coefficient (Wildman–Crippen LogP) is 3.52. The largest absolute Gasteiger partial charge is 0.422 e. The average Bonchev–Trinajstić information content (AvgIpc) is 3.28. The fraction of sp³-hybridized carbons (Fsp3) is 0.0769. The van der Waals surface area contributed by atoms with Gasteiger partial charge in [-0.2, -0.15) is 5.10 Å². The van der Waals surface area contributed by atoms with E-state index in [1.807, 2.05) is 0 Å². The van der Waals surface area contributed by atoms with Crippen LogP contribution in [0.5, 0.6) is 0 Å². The van der Waals surface area contributed by atoms with Gasteiger partial charge in [-0.1, -0.05) is 30.3 Å². The Labute approximate surface area is 219 Å². The second kappa shape index (κ2) is 10.5. The molecule has 0 aliphatic heterocycles. The van der Waals surface area contributed by atoms with E-state index in [9.17, 15) is 18.4 Å². The van der Waals surface area contributed by atoms with E-state index >= 15 is 0 Å². The minimum Gasteiger partial charge on any atom is -0.382 e. The second-order valence-corrected chi connectivity index (χ2v) is 8.32. The number of hydrogen-bond acceptors (Lipinski definition) is 9. The summed E-state index contributed by atoms with van der Waals surface area (Å²) in [6.45, 7) is -0.211. The summed E-state index contributed by atoms with van der Waals surface area (Å²) in [7, 11) is 0. The maximum Gasteiger partial charge on any atom is 0.422 e. The Morgan fingerprint density at radius 1 is 0.974 bits per heavy atom. The van der Waals surface area contributed by atoms with Crippen molar-refractivity contribution in [1.29, 1.82) is 0 Å².